The second kappa shape index (κ2) is 7.62. The molecule has 32 heavy (non-hydrogen) atoms. The van der Waals surface area contributed by atoms with Crippen molar-refractivity contribution in [2.24, 2.45) is 0 Å². The Labute approximate surface area is 179 Å². The van der Waals surface area contributed by atoms with Gasteiger partial charge in [0.15, 0.2) is 5.82 Å². The van der Waals surface area contributed by atoms with Gasteiger partial charge in [-0.15, -0.1) is 11.3 Å². The van der Waals surface area contributed by atoms with E-state index in [2.05, 4.69) is 20.2 Å². The second-order valence-electron chi connectivity index (χ2n) is 7.34. The van der Waals surface area contributed by atoms with Gasteiger partial charge in [0.05, 0.1) is 15.8 Å². The fourth-order valence-electron chi connectivity index (χ4n) is 3.84. The summed E-state index contributed by atoms with van der Waals surface area (Å²) in [6.45, 7) is 1.72. The predicted octanol–water partition coefficient (Wildman–Crippen LogP) is 3.63. The van der Waals surface area contributed by atoms with Crippen molar-refractivity contribution in [1.82, 2.24) is 15.3 Å². The molecule has 7 nitrogen and oxygen atoms in total. The molecule has 2 unspecified atom stereocenters. The lowest BCUT2D eigenvalue weighted by Crippen LogP contribution is -2.44. The van der Waals surface area contributed by atoms with Gasteiger partial charge in [-0.25, -0.2) is 9.78 Å². The number of alkyl halides is 6. The van der Waals surface area contributed by atoms with Gasteiger partial charge >= 0.3 is 18.3 Å². The molecule has 0 aliphatic carbocycles. The van der Waals surface area contributed by atoms with E-state index in [0.29, 0.717) is 27.7 Å². The van der Waals surface area contributed by atoms with Crippen LogP contribution in [0, 0.1) is 0 Å². The number of thiophene rings is 1. The highest BCUT2D eigenvalue weighted by Gasteiger charge is 2.40. The quantitative estimate of drug-likeness (QED) is 0.458. The van der Waals surface area contributed by atoms with E-state index in [4.69, 9.17) is 15.6 Å². The number of halogens is 6. The lowest BCUT2D eigenvalue weighted by Gasteiger charge is -2.28. The maximum atomic E-state index is 13.0. The molecule has 0 amide bonds. The monoisotopic (exact) mass is 479 g/mol. The summed E-state index contributed by atoms with van der Waals surface area (Å²) in [6, 6.07) is 4.53. The molecule has 2 bridgehead atoms. The summed E-state index contributed by atoms with van der Waals surface area (Å²) in [4.78, 5) is 19.8. The van der Waals surface area contributed by atoms with Gasteiger partial charge in [-0.1, -0.05) is 6.07 Å². The smallest absolute Gasteiger partial charge is 0.475 e. The number of nitrogen functional groups attached to an aromatic ring is 1. The first-order valence-electron chi connectivity index (χ1n) is 9.21. The number of nitrogens with one attached hydrogen (secondary N) is 1. The first-order valence-corrected chi connectivity index (χ1v) is 10.0. The van der Waals surface area contributed by atoms with Crippen molar-refractivity contribution >= 4 is 49.4 Å². The Balaban J connectivity index is 0.000000307. The first kappa shape index (κ1) is 22.3. The largest absolute Gasteiger partial charge is 0.490 e. The standard InChI is InChI=1S/C16H14F3N5S.C2HF3O2/c17-16(18,19)7-1-2-10-11(3-7)25-13-12(10)22-15(20)23-14(13)24-6-8-4-9(24)5-21-8;3-2(4,5)1(6)7/h1-3,8-9,21H,4-6H2,(H2,20,22,23);(H,6,7). The van der Waals surface area contributed by atoms with Crippen molar-refractivity contribution in [2.45, 2.75) is 30.9 Å². The topological polar surface area (TPSA) is 104 Å². The lowest BCUT2D eigenvalue weighted by molar-refractivity contribution is -0.192. The van der Waals surface area contributed by atoms with Crippen molar-refractivity contribution in [3.05, 3.63) is 23.8 Å². The van der Waals surface area contributed by atoms with Crippen LogP contribution in [-0.4, -0.2) is 52.4 Å². The summed E-state index contributed by atoms with van der Waals surface area (Å²) in [5, 5.41) is 11.2. The number of aliphatic carboxylic acids is 1. The van der Waals surface area contributed by atoms with E-state index in [1.807, 2.05) is 0 Å². The van der Waals surface area contributed by atoms with Crippen LogP contribution >= 0.6 is 11.3 Å². The first-order chi connectivity index (χ1) is 14.8. The Morgan fingerprint density at radius 1 is 1.22 bits per heavy atom. The number of aromatic nitrogens is 2. The number of nitrogens with zero attached hydrogens (tertiary/aromatic N) is 3. The summed E-state index contributed by atoms with van der Waals surface area (Å²) in [5.74, 6) is -1.86. The Hall–Kier alpha value is -2.87. The lowest BCUT2D eigenvalue weighted by atomic mass is 10.1. The molecule has 2 fully saturated rings. The SMILES string of the molecule is Nc1nc(N2CC3CC2CN3)c2sc3cc(C(F)(F)F)ccc3c2n1.O=C(O)C(F)(F)F. The van der Waals surface area contributed by atoms with Crippen LogP contribution in [0.5, 0.6) is 0 Å². The highest BCUT2D eigenvalue weighted by Crippen LogP contribution is 2.42. The molecule has 2 atom stereocenters. The summed E-state index contributed by atoms with van der Waals surface area (Å²) in [7, 11) is 0. The molecule has 0 saturated carbocycles. The molecule has 0 spiro atoms. The Morgan fingerprint density at radius 2 is 1.91 bits per heavy atom. The number of benzene rings is 1. The third kappa shape index (κ3) is 4.11. The Kier molecular flexibility index (Phi) is 5.32. The number of carboxylic acids is 1. The highest BCUT2D eigenvalue weighted by atomic mass is 32.1. The zero-order chi connectivity index (χ0) is 23.4. The highest BCUT2D eigenvalue weighted by molar-refractivity contribution is 7.26. The molecule has 2 aliphatic heterocycles. The van der Waals surface area contributed by atoms with Gasteiger partial charge in [-0.2, -0.15) is 31.3 Å². The van der Waals surface area contributed by atoms with Crippen LogP contribution in [0.4, 0.5) is 38.1 Å². The minimum absolute atomic E-state index is 0.151. The minimum Gasteiger partial charge on any atom is -0.475 e. The maximum Gasteiger partial charge on any atom is 0.490 e. The molecular formula is C18H15F6N5O2S. The molecule has 0 radical (unpaired) electrons. The average molecular weight is 479 g/mol. The van der Waals surface area contributed by atoms with Crippen molar-refractivity contribution in [2.75, 3.05) is 23.7 Å². The van der Waals surface area contributed by atoms with Gasteiger partial charge in [0, 0.05) is 35.3 Å². The number of rotatable bonds is 1. The normalized spacial score (nSPS) is 20.6. The number of hydrogen-bond acceptors (Lipinski definition) is 7. The van der Waals surface area contributed by atoms with E-state index >= 15 is 0 Å². The van der Waals surface area contributed by atoms with Crippen molar-refractivity contribution < 1.29 is 36.2 Å². The van der Waals surface area contributed by atoms with Gasteiger partial charge < -0.3 is 21.1 Å². The van der Waals surface area contributed by atoms with E-state index in [1.54, 1.807) is 0 Å². The van der Waals surface area contributed by atoms with Crippen LogP contribution < -0.4 is 16.0 Å². The molecule has 5 rings (SSSR count). The van der Waals surface area contributed by atoms with Crippen LogP contribution in [0.15, 0.2) is 18.2 Å². The van der Waals surface area contributed by atoms with Gasteiger partial charge in [0.1, 0.15) is 0 Å². The van der Waals surface area contributed by atoms with Gasteiger partial charge in [0.2, 0.25) is 5.95 Å². The maximum absolute atomic E-state index is 13.0. The average Bonchev–Trinajstić information content (AvgIpc) is 3.39. The number of anilines is 2. The minimum atomic E-state index is -5.08. The molecule has 2 aromatic heterocycles. The third-order valence-corrected chi connectivity index (χ3v) is 6.35. The van der Waals surface area contributed by atoms with Gasteiger partial charge in [-0.05, 0) is 18.6 Å². The summed E-state index contributed by atoms with van der Waals surface area (Å²) >= 11 is 1.30. The van der Waals surface area contributed by atoms with Crippen molar-refractivity contribution in [1.29, 1.82) is 0 Å². The van der Waals surface area contributed by atoms with E-state index in [1.165, 1.54) is 23.5 Å². The molecule has 4 heterocycles. The Bertz CT molecular complexity index is 1190. The van der Waals surface area contributed by atoms with Crippen LogP contribution in [-0.2, 0) is 11.0 Å². The number of hydrogen-bond donors (Lipinski definition) is 3. The molecule has 14 heteroatoms. The van der Waals surface area contributed by atoms with E-state index in [-0.39, 0.29) is 5.95 Å². The molecule has 2 aliphatic rings. The van der Waals surface area contributed by atoms with E-state index in [0.717, 1.165) is 36.1 Å². The van der Waals surface area contributed by atoms with Crippen LogP contribution in [0.25, 0.3) is 20.3 Å². The second-order valence-corrected chi connectivity index (χ2v) is 8.40. The number of piperazine rings is 1. The van der Waals surface area contributed by atoms with Gasteiger partial charge in [-0.3, -0.25) is 0 Å². The number of carboxylic acid groups (broad SMARTS) is 1. The summed E-state index contributed by atoms with van der Waals surface area (Å²) in [5.41, 5.74) is 5.88. The third-order valence-electron chi connectivity index (χ3n) is 5.21. The van der Waals surface area contributed by atoms with Crippen molar-refractivity contribution in [3.8, 4) is 0 Å². The number of carbonyl (C=O) groups is 1. The summed E-state index contributed by atoms with van der Waals surface area (Å²) < 4.78 is 72.1. The predicted molar refractivity (Wildman–Crippen MR) is 106 cm³/mol. The Morgan fingerprint density at radius 3 is 2.44 bits per heavy atom. The molecule has 172 valence electrons. The number of nitrogens with two attached hydrogens (primary N) is 1. The zero-order valence-corrected chi connectivity index (χ0v) is 16.8. The zero-order valence-electron chi connectivity index (χ0n) is 16.0. The van der Waals surface area contributed by atoms with Crippen molar-refractivity contribution in [3.63, 3.8) is 0 Å². The van der Waals surface area contributed by atoms with Gasteiger partial charge in [0.25, 0.3) is 0 Å². The molecule has 4 N–H and O–H groups in total. The van der Waals surface area contributed by atoms with E-state index < -0.39 is 23.9 Å². The fraction of sp³-hybridized carbons (Fsp3) is 0.389. The van der Waals surface area contributed by atoms with Crippen LogP contribution in [0.1, 0.15) is 12.0 Å². The molecular weight excluding hydrogens is 464 g/mol. The number of fused-ring (bicyclic) bond motifs is 5. The van der Waals surface area contributed by atoms with Crippen LogP contribution in [0.3, 0.4) is 0 Å². The molecule has 1 aromatic carbocycles. The molecule has 3 aromatic rings. The molecule has 2 saturated heterocycles. The van der Waals surface area contributed by atoms with E-state index in [9.17, 15) is 26.3 Å². The van der Waals surface area contributed by atoms with Crippen LogP contribution in [0.2, 0.25) is 0 Å². The fourth-order valence-corrected chi connectivity index (χ4v) is 5.02. The summed E-state index contributed by atoms with van der Waals surface area (Å²) in [6.07, 6.45) is -8.40.